The highest BCUT2D eigenvalue weighted by Gasteiger charge is 2.32. The van der Waals surface area contributed by atoms with Crippen LogP contribution in [0.1, 0.15) is 38.8 Å². The third-order valence-electron chi connectivity index (χ3n) is 3.87. The molecule has 0 aromatic heterocycles. The first kappa shape index (κ1) is 15.5. The van der Waals surface area contributed by atoms with Gasteiger partial charge in [-0.1, -0.05) is 37.3 Å². The predicted molar refractivity (Wildman–Crippen MR) is 83.9 cm³/mol. The number of hydrogen-bond donors (Lipinski definition) is 1. The van der Waals surface area contributed by atoms with E-state index in [1.165, 1.54) is 5.56 Å². The van der Waals surface area contributed by atoms with Crippen LogP contribution in [-0.2, 0) is 4.74 Å². The van der Waals surface area contributed by atoms with E-state index in [0.717, 1.165) is 39.3 Å². The van der Waals surface area contributed by atoms with Gasteiger partial charge in [0, 0.05) is 37.8 Å². The third kappa shape index (κ3) is 4.30. The zero-order valence-electron chi connectivity index (χ0n) is 13.1. The van der Waals surface area contributed by atoms with E-state index in [0.29, 0.717) is 6.04 Å². The first-order valence-corrected chi connectivity index (χ1v) is 7.74. The number of hydrogen-bond acceptors (Lipinski definition) is 3. The van der Waals surface area contributed by atoms with E-state index in [4.69, 9.17) is 4.74 Å². The van der Waals surface area contributed by atoms with Gasteiger partial charge in [0.05, 0.1) is 6.61 Å². The van der Waals surface area contributed by atoms with Gasteiger partial charge in [0.15, 0.2) is 0 Å². The fraction of sp³-hybridized carbons (Fsp3) is 0.647. The quantitative estimate of drug-likeness (QED) is 0.809. The second-order valence-electron chi connectivity index (χ2n) is 6.27. The van der Waals surface area contributed by atoms with Gasteiger partial charge in [-0.25, -0.2) is 0 Å². The van der Waals surface area contributed by atoms with Crippen LogP contribution in [0.5, 0.6) is 0 Å². The molecule has 1 aliphatic heterocycles. The summed E-state index contributed by atoms with van der Waals surface area (Å²) in [5.74, 6) is 0. The van der Waals surface area contributed by atoms with Crippen LogP contribution in [0.2, 0.25) is 0 Å². The highest BCUT2D eigenvalue weighted by molar-refractivity contribution is 5.20. The molecule has 3 heteroatoms. The summed E-state index contributed by atoms with van der Waals surface area (Å²) in [6.45, 7) is 11.5. The van der Waals surface area contributed by atoms with Crippen molar-refractivity contribution >= 4 is 0 Å². The van der Waals surface area contributed by atoms with E-state index in [1.54, 1.807) is 0 Å². The molecule has 1 aliphatic rings. The van der Waals surface area contributed by atoms with Crippen molar-refractivity contribution < 1.29 is 4.74 Å². The van der Waals surface area contributed by atoms with E-state index < -0.39 is 0 Å². The van der Waals surface area contributed by atoms with Gasteiger partial charge in [0.2, 0.25) is 0 Å². The van der Waals surface area contributed by atoms with Crippen molar-refractivity contribution in [2.45, 2.75) is 38.8 Å². The number of piperazine rings is 1. The largest absolute Gasteiger partial charge is 0.380 e. The van der Waals surface area contributed by atoms with E-state index in [1.807, 2.05) is 0 Å². The molecule has 0 aliphatic carbocycles. The minimum absolute atomic E-state index is 0.177. The molecule has 0 saturated carbocycles. The van der Waals surface area contributed by atoms with Crippen LogP contribution >= 0.6 is 0 Å². The van der Waals surface area contributed by atoms with Crippen molar-refractivity contribution in [3.63, 3.8) is 0 Å². The van der Waals surface area contributed by atoms with E-state index in [2.05, 4.69) is 61.3 Å². The van der Waals surface area contributed by atoms with Crippen LogP contribution in [0.3, 0.4) is 0 Å². The minimum atomic E-state index is 0.177. The van der Waals surface area contributed by atoms with E-state index in [-0.39, 0.29) is 5.54 Å². The number of nitrogens with zero attached hydrogens (tertiary/aromatic N) is 1. The van der Waals surface area contributed by atoms with Crippen LogP contribution < -0.4 is 5.32 Å². The number of benzene rings is 1. The SMILES string of the molecule is CCCOCCN1CC(C)(C)NCC1c1ccccc1. The molecule has 3 nitrogen and oxygen atoms in total. The van der Waals surface area contributed by atoms with Crippen LogP contribution in [0.25, 0.3) is 0 Å². The molecule has 1 saturated heterocycles. The average Bonchev–Trinajstić information content (AvgIpc) is 2.44. The van der Waals surface area contributed by atoms with Crippen molar-refractivity contribution in [2.75, 3.05) is 32.8 Å². The van der Waals surface area contributed by atoms with Crippen molar-refractivity contribution in [3.8, 4) is 0 Å². The van der Waals surface area contributed by atoms with Gasteiger partial charge in [-0.05, 0) is 25.8 Å². The predicted octanol–water partition coefficient (Wildman–Crippen LogP) is 2.84. The van der Waals surface area contributed by atoms with Crippen LogP contribution in [0, 0.1) is 0 Å². The molecule has 0 spiro atoms. The van der Waals surface area contributed by atoms with Gasteiger partial charge in [-0.15, -0.1) is 0 Å². The first-order chi connectivity index (χ1) is 9.62. The first-order valence-electron chi connectivity index (χ1n) is 7.74. The van der Waals surface area contributed by atoms with E-state index in [9.17, 15) is 0 Å². The molecule has 1 atom stereocenters. The Labute approximate surface area is 123 Å². The summed E-state index contributed by atoms with van der Waals surface area (Å²) in [4.78, 5) is 2.56. The average molecular weight is 276 g/mol. The molecule has 1 N–H and O–H groups in total. The highest BCUT2D eigenvalue weighted by atomic mass is 16.5. The Balaban J connectivity index is 2.00. The molecule has 0 amide bonds. The van der Waals surface area contributed by atoms with Gasteiger partial charge in [-0.3, -0.25) is 4.90 Å². The maximum atomic E-state index is 5.68. The van der Waals surface area contributed by atoms with Gasteiger partial charge in [0.1, 0.15) is 0 Å². The third-order valence-corrected chi connectivity index (χ3v) is 3.87. The zero-order chi connectivity index (χ0) is 14.4. The van der Waals surface area contributed by atoms with Gasteiger partial charge in [0.25, 0.3) is 0 Å². The Morgan fingerprint density at radius 3 is 2.70 bits per heavy atom. The molecule has 1 aromatic carbocycles. The minimum Gasteiger partial charge on any atom is -0.380 e. The summed E-state index contributed by atoms with van der Waals surface area (Å²) in [6.07, 6.45) is 1.09. The number of nitrogens with one attached hydrogen (secondary N) is 1. The maximum Gasteiger partial charge on any atom is 0.0593 e. The molecule has 1 unspecified atom stereocenters. The molecule has 0 radical (unpaired) electrons. The van der Waals surface area contributed by atoms with Crippen LogP contribution in [0.15, 0.2) is 30.3 Å². The second-order valence-corrected chi connectivity index (χ2v) is 6.27. The van der Waals surface area contributed by atoms with Crippen LogP contribution in [0.4, 0.5) is 0 Å². The summed E-state index contributed by atoms with van der Waals surface area (Å²) in [5.41, 5.74) is 1.57. The zero-order valence-corrected chi connectivity index (χ0v) is 13.1. The lowest BCUT2D eigenvalue weighted by Crippen LogP contribution is -2.58. The Hall–Kier alpha value is -0.900. The Bertz CT molecular complexity index is 391. The topological polar surface area (TPSA) is 24.5 Å². The van der Waals surface area contributed by atoms with Crippen molar-refractivity contribution in [3.05, 3.63) is 35.9 Å². The molecule has 1 aromatic rings. The molecule has 112 valence electrons. The molecular weight excluding hydrogens is 248 g/mol. The smallest absolute Gasteiger partial charge is 0.0593 e. The van der Waals surface area contributed by atoms with E-state index >= 15 is 0 Å². The fourth-order valence-corrected chi connectivity index (χ4v) is 2.84. The molecule has 1 fully saturated rings. The molecule has 20 heavy (non-hydrogen) atoms. The fourth-order valence-electron chi connectivity index (χ4n) is 2.84. The summed E-state index contributed by atoms with van der Waals surface area (Å²) >= 11 is 0. The summed E-state index contributed by atoms with van der Waals surface area (Å²) in [5, 5.41) is 3.66. The lowest BCUT2D eigenvalue weighted by molar-refractivity contribution is 0.0491. The highest BCUT2D eigenvalue weighted by Crippen LogP contribution is 2.26. The molecule has 1 heterocycles. The van der Waals surface area contributed by atoms with Gasteiger partial charge in [-0.2, -0.15) is 0 Å². The Morgan fingerprint density at radius 2 is 2.00 bits per heavy atom. The molecular formula is C17H28N2O. The Morgan fingerprint density at radius 1 is 1.25 bits per heavy atom. The van der Waals surface area contributed by atoms with Crippen molar-refractivity contribution in [1.29, 1.82) is 0 Å². The number of ether oxygens (including phenoxy) is 1. The number of rotatable bonds is 6. The Kier molecular flexibility index (Phi) is 5.58. The standard InChI is InChI=1S/C17H28N2O/c1-4-11-20-12-10-19-14-17(2,3)18-13-16(19)15-8-6-5-7-9-15/h5-9,16,18H,4,10-14H2,1-3H3. The maximum absolute atomic E-state index is 5.68. The van der Waals surface area contributed by atoms with Gasteiger partial charge < -0.3 is 10.1 Å². The van der Waals surface area contributed by atoms with Crippen LogP contribution in [-0.4, -0.2) is 43.3 Å². The lowest BCUT2D eigenvalue weighted by Gasteiger charge is -2.44. The van der Waals surface area contributed by atoms with Crippen molar-refractivity contribution in [2.24, 2.45) is 0 Å². The normalized spacial score (nSPS) is 22.9. The second kappa shape index (κ2) is 7.21. The molecule has 0 bridgehead atoms. The summed E-state index contributed by atoms with van der Waals surface area (Å²) < 4.78 is 5.68. The van der Waals surface area contributed by atoms with Gasteiger partial charge >= 0.3 is 0 Å². The summed E-state index contributed by atoms with van der Waals surface area (Å²) in [6, 6.07) is 11.2. The van der Waals surface area contributed by atoms with Crippen molar-refractivity contribution in [1.82, 2.24) is 10.2 Å². The monoisotopic (exact) mass is 276 g/mol. The lowest BCUT2D eigenvalue weighted by atomic mass is 9.95. The summed E-state index contributed by atoms with van der Waals surface area (Å²) in [7, 11) is 0. The molecule has 2 rings (SSSR count).